The number of carbonyl (C=O) groups is 2. The quantitative estimate of drug-likeness (QED) is 0.249. The summed E-state index contributed by atoms with van der Waals surface area (Å²) in [6, 6.07) is 9.59. The Morgan fingerprint density at radius 1 is 1.07 bits per heavy atom. The van der Waals surface area contributed by atoms with Gasteiger partial charge in [-0.1, -0.05) is 28.6 Å². The minimum Gasteiger partial charge on any atom is -0.433 e. The molecule has 3 aromatic heterocycles. The molecule has 2 amide bonds. The molecule has 0 saturated carbocycles. The average Bonchev–Trinajstić information content (AvgIpc) is 3.56. The van der Waals surface area contributed by atoms with Gasteiger partial charge in [0.15, 0.2) is 11.5 Å². The minimum absolute atomic E-state index is 0.0194. The summed E-state index contributed by atoms with van der Waals surface area (Å²) in [5.41, 5.74) is 2.17. The van der Waals surface area contributed by atoms with Gasteiger partial charge >= 0.3 is 6.11 Å². The van der Waals surface area contributed by atoms with Crippen LogP contribution in [0, 0.1) is 6.92 Å². The average molecular weight is 572 g/mol. The van der Waals surface area contributed by atoms with Crippen LogP contribution >= 0.6 is 0 Å². The molecule has 0 saturated heterocycles. The Kier molecular flexibility index (Phi) is 9.26. The predicted molar refractivity (Wildman–Crippen MR) is 140 cm³/mol. The molecule has 0 spiro atoms. The molecule has 0 aliphatic rings. The monoisotopic (exact) mass is 571 g/mol. The van der Waals surface area contributed by atoms with E-state index in [1.807, 2.05) is 19.1 Å². The summed E-state index contributed by atoms with van der Waals surface area (Å²) in [5, 5.41) is 20.6. The van der Waals surface area contributed by atoms with Crippen LogP contribution in [0.2, 0.25) is 0 Å². The molecule has 15 heteroatoms. The number of halogens is 3. The molecular formula is C26H28F3N9O3. The Hall–Kier alpha value is -4.82. The zero-order valence-electron chi connectivity index (χ0n) is 22.3. The second kappa shape index (κ2) is 13.0. The van der Waals surface area contributed by atoms with Crippen LogP contribution in [0.5, 0.6) is 5.75 Å². The second-order valence-corrected chi connectivity index (χ2v) is 9.35. The highest BCUT2D eigenvalue weighted by molar-refractivity contribution is 5.92. The number of amides is 2. The maximum atomic E-state index is 14.6. The molecule has 1 aromatic carbocycles. The lowest BCUT2D eigenvalue weighted by molar-refractivity contribution is -0.159. The number of alkyl halides is 3. The van der Waals surface area contributed by atoms with E-state index in [0.29, 0.717) is 12.5 Å². The third kappa shape index (κ3) is 9.40. The topological polar surface area (TPSA) is 142 Å². The fraction of sp³-hybridized carbons (Fsp3) is 0.346. The van der Waals surface area contributed by atoms with Gasteiger partial charge in [-0.3, -0.25) is 19.3 Å². The molecule has 0 bridgehead atoms. The summed E-state index contributed by atoms with van der Waals surface area (Å²) in [6.45, 7) is 2.59. The summed E-state index contributed by atoms with van der Waals surface area (Å²) in [7, 11) is 0. The highest BCUT2D eigenvalue weighted by Crippen LogP contribution is 2.21. The Morgan fingerprint density at radius 3 is 2.63 bits per heavy atom. The van der Waals surface area contributed by atoms with E-state index >= 15 is 0 Å². The summed E-state index contributed by atoms with van der Waals surface area (Å²) >= 11 is 0. The van der Waals surface area contributed by atoms with Gasteiger partial charge in [-0.25, -0.2) is 9.07 Å². The Labute approximate surface area is 232 Å². The molecule has 12 nitrogen and oxygen atoms in total. The molecule has 41 heavy (non-hydrogen) atoms. The van der Waals surface area contributed by atoms with Crippen LogP contribution in [0.15, 0.2) is 55.0 Å². The van der Waals surface area contributed by atoms with Gasteiger partial charge in [0, 0.05) is 38.3 Å². The molecule has 1 atom stereocenters. The van der Waals surface area contributed by atoms with Crippen LogP contribution in [0.4, 0.5) is 19.0 Å². The van der Waals surface area contributed by atoms with Crippen molar-refractivity contribution in [3.05, 3.63) is 77.5 Å². The van der Waals surface area contributed by atoms with E-state index in [9.17, 15) is 22.8 Å². The number of pyridine rings is 1. The van der Waals surface area contributed by atoms with Crippen molar-refractivity contribution in [2.24, 2.45) is 0 Å². The van der Waals surface area contributed by atoms with Gasteiger partial charge in [0.1, 0.15) is 11.9 Å². The molecule has 0 fully saturated rings. The third-order valence-corrected chi connectivity index (χ3v) is 5.62. The molecule has 3 heterocycles. The van der Waals surface area contributed by atoms with E-state index in [2.05, 4.69) is 41.0 Å². The van der Waals surface area contributed by atoms with Gasteiger partial charge < -0.3 is 15.4 Å². The first-order valence-corrected chi connectivity index (χ1v) is 12.6. The lowest BCUT2D eigenvalue weighted by Gasteiger charge is -2.13. The van der Waals surface area contributed by atoms with Crippen molar-refractivity contribution < 1.29 is 27.5 Å². The third-order valence-electron chi connectivity index (χ3n) is 5.62. The van der Waals surface area contributed by atoms with Crippen LogP contribution < -0.4 is 15.4 Å². The summed E-state index contributed by atoms with van der Waals surface area (Å²) < 4.78 is 47.9. The van der Waals surface area contributed by atoms with Crippen LogP contribution in [-0.4, -0.2) is 59.1 Å². The molecule has 0 radical (unpaired) electrons. The van der Waals surface area contributed by atoms with Crippen molar-refractivity contribution >= 4 is 17.6 Å². The highest BCUT2D eigenvalue weighted by atomic mass is 19.3. The van der Waals surface area contributed by atoms with E-state index in [1.165, 1.54) is 40.0 Å². The summed E-state index contributed by atoms with van der Waals surface area (Å²) in [5.74, 6) is -0.652. The number of nitrogens with zero attached hydrogens (tertiary/aromatic N) is 7. The van der Waals surface area contributed by atoms with Gasteiger partial charge in [0.25, 0.3) is 5.91 Å². The van der Waals surface area contributed by atoms with Crippen molar-refractivity contribution in [1.29, 1.82) is 0 Å². The molecule has 0 aliphatic heterocycles. The number of hydrogen-bond acceptors (Lipinski definition) is 8. The first-order chi connectivity index (χ1) is 19.5. The van der Waals surface area contributed by atoms with Gasteiger partial charge in [-0.05, 0) is 36.2 Å². The summed E-state index contributed by atoms with van der Waals surface area (Å²) in [6.07, 6.45) is -0.0220. The number of anilines is 1. The van der Waals surface area contributed by atoms with E-state index in [-0.39, 0.29) is 55.6 Å². The Morgan fingerprint density at radius 2 is 1.88 bits per heavy atom. The summed E-state index contributed by atoms with van der Waals surface area (Å²) in [4.78, 5) is 28.8. The fourth-order valence-electron chi connectivity index (χ4n) is 3.70. The predicted octanol–water partition coefficient (Wildman–Crippen LogP) is 3.10. The van der Waals surface area contributed by atoms with Crippen molar-refractivity contribution in [1.82, 2.24) is 40.3 Å². The van der Waals surface area contributed by atoms with Crippen molar-refractivity contribution in [3.63, 3.8) is 0 Å². The standard InChI is InChI=1S/C26H28F3N9O3/c1-17-6-7-19(12-30-17)11-24(39)32-23-16-38(36-34-23)14-20(27)8-9-37-15-22(33-35-37)25(40)31-13-18-4-3-5-21(10-18)41-26(2,28)29/h3-7,10,12,15-16,20H,8-9,11,13-14H2,1-2H3,(H,31,40)(H,32,39). The van der Waals surface area contributed by atoms with Crippen molar-refractivity contribution in [2.45, 2.75) is 58.6 Å². The van der Waals surface area contributed by atoms with Crippen molar-refractivity contribution in [2.75, 3.05) is 5.32 Å². The number of nitrogens with one attached hydrogen (secondary N) is 2. The zero-order chi connectivity index (χ0) is 29.4. The maximum Gasteiger partial charge on any atom is 0.394 e. The van der Waals surface area contributed by atoms with Crippen LogP contribution in [-0.2, 0) is 30.8 Å². The molecule has 1 unspecified atom stereocenters. The fourth-order valence-corrected chi connectivity index (χ4v) is 3.70. The number of rotatable bonds is 13. The van der Waals surface area contributed by atoms with E-state index in [0.717, 1.165) is 11.3 Å². The Bertz CT molecular complexity index is 1470. The molecular weight excluding hydrogens is 543 g/mol. The number of carbonyl (C=O) groups excluding carboxylic acids is 2. The number of ether oxygens (including phenoxy) is 1. The Balaban J connectivity index is 1.19. The maximum absolute atomic E-state index is 14.6. The first kappa shape index (κ1) is 29.2. The van der Waals surface area contributed by atoms with Gasteiger partial charge in [0.05, 0.1) is 25.4 Å². The number of hydrogen-bond donors (Lipinski definition) is 2. The molecule has 0 aliphatic carbocycles. The smallest absolute Gasteiger partial charge is 0.394 e. The lowest BCUT2D eigenvalue weighted by atomic mass is 10.2. The molecule has 2 N–H and O–H groups in total. The normalized spacial score (nSPS) is 12.1. The number of aryl methyl sites for hydroxylation is 2. The number of benzene rings is 1. The molecule has 216 valence electrons. The van der Waals surface area contributed by atoms with E-state index < -0.39 is 18.2 Å². The second-order valence-electron chi connectivity index (χ2n) is 9.35. The number of aromatic nitrogens is 7. The highest BCUT2D eigenvalue weighted by Gasteiger charge is 2.23. The van der Waals surface area contributed by atoms with Gasteiger partial charge in [0.2, 0.25) is 5.91 Å². The largest absolute Gasteiger partial charge is 0.433 e. The lowest BCUT2D eigenvalue weighted by Crippen LogP contribution is -2.23. The molecule has 4 rings (SSSR count). The van der Waals surface area contributed by atoms with Gasteiger partial charge in [-0.15, -0.1) is 10.2 Å². The first-order valence-electron chi connectivity index (χ1n) is 12.6. The minimum atomic E-state index is -3.32. The van der Waals surface area contributed by atoms with Crippen molar-refractivity contribution in [3.8, 4) is 5.75 Å². The van der Waals surface area contributed by atoms with Crippen LogP contribution in [0.25, 0.3) is 0 Å². The van der Waals surface area contributed by atoms with Crippen LogP contribution in [0.3, 0.4) is 0 Å². The van der Waals surface area contributed by atoms with Crippen LogP contribution in [0.1, 0.15) is 40.7 Å². The zero-order valence-corrected chi connectivity index (χ0v) is 22.3. The van der Waals surface area contributed by atoms with E-state index in [4.69, 9.17) is 0 Å². The van der Waals surface area contributed by atoms with Gasteiger partial charge in [-0.2, -0.15) is 8.78 Å². The molecule has 4 aromatic rings. The van der Waals surface area contributed by atoms with E-state index in [1.54, 1.807) is 12.3 Å². The SMILES string of the molecule is Cc1ccc(CC(=O)Nc2cn(CC(F)CCn3cc(C(=O)NCc4cccc(OC(C)(F)F)c4)nn3)nn2)cn1.